The fraction of sp³-hybridized carbons (Fsp3) is 0.500. The van der Waals surface area contributed by atoms with Gasteiger partial charge in [0, 0.05) is 6.61 Å². The Morgan fingerprint density at radius 1 is 1.35 bits per heavy atom. The van der Waals surface area contributed by atoms with E-state index >= 15 is 0 Å². The number of fused-ring (bicyclic) bond motifs is 1. The zero-order chi connectivity index (χ0) is 11.7. The zero-order valence-corrected chi connectivity index (χ0v) is 9.80. The van der Waals surface area contributed by atoms with Crippen molar-refractivity contribution in [3.05, 3.63) is 24.2 Å². The van der Waals surface area contributed by atoms with Crippen molar-refractivity contribution in [3.63, 3.8) is 0 Å². The molecule has 0 amide bonds. The molecule has 1 atom stereocenters. The van der Waals surface area contributed by atoms with E-state index in [1.54, 1.807) is 7.11 Å². The predicted molar refractivity (Wildman–Crippen MR) is 62.1 cm³/mol. The van der Waals surface area contributed by atoms with Gasteiger partial charge in [-0.05, 0) is 31.4 Å². The molecule has 2 aromatic heterocycles. The maximum atomic E-state index is 5.74. The molecular formula is C12H15N3O2. The molecule has 0 aliphatic carbocycles. The Bertz CT molecular complexity index is 517. The van der Waals surface area contributed by atoms with E-state index in [1.807, 2.05) is 22.7 Å². The van der Waals surface area contributed by atoms with Crippen LogP contribution in [0.2, 0.25) is 0 Å². The third-order valence-electron chi connectivity index (χ3n) is 3.10. The van der Waals surface area contributed by atoms with E-state index in [-0.39, 0.29) is 6.10 Å². The van der Waals surface area contributed by atoms with E-state index in [0.29, 0.717) is 0 Å². The standard InChI is InChI=1S/C12H15N3O2/c1-16-9-5-6-11-13-14-12(15(11)8-9)10-4-2-3-7-17-10/h5-6,8,10H,2-4,7H2,1H3. The topological polar surface area (TPSA) is 48.7 Å². The maximum absolute atomic E-state index is 5.74. The second kappa shape index (κ2) is 4.33. The summed E-state index contributed by atoms with van der Waals surface area (Å²) in [7, 11) is 1.66. The Labute approximate surface area is 99.4 Å². The van der Waals surface area contributed by atoms with Crippen molar-refractivity contribution in [2.75, 3.05) is 13.7 Å². The molecule has 1 fully saturated rings. The first-order valence-electron chi connectivity index (χ1n) is 5.89. The van der Waals surface area contributed by atoms with Crippen molar-refractivity contribution in [1.82, 2.24) is 14.6 Å². The fourth-order valence-electron chi connectivity index (χ4n) is 2.17. The van der Waals surface area contributed by atoms with E-state index in [1.165, 1.54) is 6.42 Å². The lowest BCUT2D eigenvalue weighted by Crippen LogP contribution is -2.14. The average molecular weight is 233 g/mol. The number of ether oxygens (including phenoxy) is 2. The van der Waals surface area contributed by atoms with Crippen LogP contribution in [0.5, 0.6) is 5.75 Å². The smallest absolute Gasteiger partial charge is 0.166 e. The van der Waals surface area contributed by atoms with Crippen molar-refractivity contribution < 1.29 is 9.47 Å². The molecular weight excluding hydrogens is 218 g/mol. The summed E-state index contributed by atoms with van der Waals surface area (Å²) in [5, 5.41) is 8.37. The minimum Gasteiger partial charge on any atom is -0.495 e. The maximum Gasteiger partial charge on any atom is 0.166 e. The fourth-order valence-corrected chi connectivity index (χ4v) is 2.17. The van der Waals surface area contributed by atoms with Crippen LogP contribution in [0, 0.1) is 0 Å². The number of hydrogen-bond donors (Lipinski definition) is 0. The largest absolute Gasteiger partial charge is 0.495 e. The van der Waals surface area contributed by atoms with Gasteiger partial charge < -0.3 is 9.47 Å². The summed E-state index contributed by atoms with van der Waals surface area (Å²) in [5.74, 6) is 1.67. The Morgan fingerprint density at radius 2 is 2.29 bits per heavy atom. The molecule has 5 nitrogen and oxygen atoms in total. The van der Waals surface area contributed by atoms with Crippen molar-refractivity contribution in [2.45, 2.75) is 25.4 Å². The molecule has 0 radical (unpaired) electrons. The van der Waals surface area contributed by atoms with Crippen LogP contribution in [0.1, 0.15) is 31.2 Å². The van der Waals surface area contributed by atoms with Gasteiger partial charge in [-0.1, -0.05) is 0 Å². The third-order valence-corrected chi connectivity index (χ3v) is 3.10. The van der Waals surface area contributed by atoms with Crippen molar-refractivity contribution in [1.29, 1.82) is 0 Å². The van der Waals surface area contributed by atoms with Gasteiger partial charge in [-0.25, -0.2) is 0 Å². The first kappa shape index (κ1) is 10.5. The van der Waals surface area contributed by atoms with Crippen LogP contribution in [0.25, 0.3) is 5.65 Å². The third kappa shape index (κ3) is 1.86. The van der Waals surface area contributed by atoms with Gasteiger partial charge in [0.25, 0.3) is 0 Å². The van der Waals surface area contributed by atoms with Gasteiger partial charge in [-0.15, -0.1) is 10.2 Å². The summed E-state index contributed by atoms with van der Waals surface area (Å²) >= 11 is 0. The van der Waals surface area contributed by atoms with Crippen LogP contribution in [0.15, 0.2) is 18.3 Å². The van der Waals surface area contributed by atoms with Crippen LogP contribution in [0.3, 0.4) is 0 Å². The van der Waals surface area contributed by atoms with Gasteiger partial charge in [-0.2, -0.15) is 0 Å². The van der Waals surface area contributed by atoms with E-state index < -0.39 is 0 Å². The van der Waals surface area contributed by atoms with E-state index in [0.717, 1.165) is 36.7 Å². The molecule has 0 bridgehead atoms. The molecule has 5 heteroatoms. The summed E-state index contributed by atoms with van der Waals surface area (Å²) < 4.78 is 12.9. The van der Waals surface area contributed by atoms with Gasteiger partial charge >= 0.3 is 0 Å². The lowest BCUT2D eigenvalue weighted by Gasteiger charge is -2.20. The van der Waals surface area contributed by atoms with Gasteiger partial charge in [-0.3, -0.25) is 4.40 Å². The molecule has 0 N–H and O–H groups in total. The quantitative estimate of drug-likeness (QED) is 0.795. The first-order valence-corrected chi connectivity index (χ1v) is 5.89. The molecule has 3 rings (SSSR count). The van der Waals surface area contributed by atoms with Crippen LogP contribution in [-0.2, 0) is 4.74 Å². The number of nitrogens with zero attached hydrogens (tertiary/aromatic N) is 3. The molecule has 1 aliphatic heterocycles. The van der Waals surface area contributed by atoms with Crippen LogP contribution < -0.4 is 4.74 Å². The first-order chi connectivity index (χ1) is 8.38. The number of pyridine rings is 1. The molecule has 1 unspecified atom stereocenters. The molecule has 0 spiro atoms. The summed E-state index contributed by atoms with van der Waals surface area (Å²) in [6, 6.07) is 3.79. The van der Waals surface area contributed by atoms with Gasteiger partial charge in [0.2, 0.25) is 0 Å². The van der Waals surface area contributed by atoms with Gasteiger partial charge in [0.1, 0.15) is 11.9 Å². The number of hydrogen-bond acceptors (Lipinski definition) is 4. The highest BCUT2D eigenvalue weighted by molar-refractivity contribution is 5.41. The molecule has 1 saturated heterocycles. The van der Waals surface area contributed by atoms with Gasteiger partial charge in [0.15, 0.2) is 11.5 Å². The molecule has 2 aromatic rings. The van der Waals surface area contributed by atoms with Crippen molar-refractivity contribution in [2.24, 2.45) is 0 Å². The number of aromatic nitrogens is 3. The number of rotatable bonds is 2. The lowest BCUT2D eigenvalue weighted by atomic mass is 10.1. The summed E-state index contributed by atoms with van der Waals surface area (Å²) in [4.78, 5) is 0. The molecule has 1 aliphatic rings. The normalized spacial score (nSPS) is 20.6. The molecule has 3 heterocycles. The average Bonchev–Trinajstić information content (AvgIpc) is 2.82. The van der Waals surface area contributed by atoms with Crippen molar-refractivity contribution >= 4 is 5.65 Å². The van der Waals surface area contributed by atoms with Crippen LogP contribution >= 0.6 is 0 Å². The van der Waals surface area contributed by atoms with Crippen LogP contribution in [-0.4, -0.2) is 28.3 Å². The summed E-state index contributed by atoms with van der Waals surface area (Å²) in [6.07, 6.45) is 5.30. The number of methoxy groups -OCH3 is 1. The highest BCUT2D eigenvalue weighted by Crippen LogP contribution is 2.27. The van der Waals surface area contributed by atoms with Crippen LogP contribution in [0.4, 0.5) is 0 Å². The molecule has 90 valence electrons. The predicted octanol–water partition coefficient (Wildman–Crippen LogP) is 1.98. The highest BCUT2D eigenvalue weighted by Gasteiger charge is 2.21. The monoisotopic (exact) mass is 233 g/mol. The second-order valence-corrected chi connectivity index (χ2v) is 4.21. The van der Waals surface area contributed by atoms with E-state index in [4.69, 9.17) is 9.47 Å². The minimum absolute atomic E-state index is 0.0610. The summed E-state index contributed by atoms with van der Waals surface area (Å²) in [5.41, 5.74) is 0.829. The summed E-state index contributed by atoms with van der Waals surface area (Å²) in [6.45, 7) is 0.809. The van der Waals surface area contributed by atoms with E-state index in [9.17, 15) is 0 Å². The highest BCUT2D eigenvalue weighted by atomic mass is 16.5. The van der Waals surface area contributed by atoms with Crippen molar-refractivity contribution in [3.8, 4) is 5.75 Å². The second-order valence-electron chi connectivity index (χ2n) is 4.21. The molecule has 0 saturated carbocycles. The minimum atomic E-state index is 0.0610. The lowest BCUT2D eigenvalue weighted by molar-refractivity contribution is 0.00884. The Balaban J connectivity index is 2.02. The Morgan fingerprint density at radius 3 is 3.06 bits per heavy atom. The molecule has 0 aromatic carbocycles. The van der Waals surface area contributed by atoms with Gasteiger partial charge in [0.05, 0.1) is 13.3 Å². The molecule has 17 heavy (non-hydrogen) atoms. The Kier molecular flexibility index (Phi) is 2.68. The SMILES string of the molecule is COc1ccc2nnc(C3CCCCO3)n2c1. The Hall–Kier alpha value is -1.62. The van der Waals surface area contributed by atoms with E-state index in [2.05, 4.69) is 10.2 Å². The zero-order valence-electron chi connectivity index (χ0n) is 9.80.